The fourth-order valence-corrected chi connectivity index (χ4v) is 2.92. The zero-order chi connectivity index (χ0) is 14.6. The summed E-state index contributed by atoms with van der Waals surface area (Å²) in [4.78, 5) is 21.6. The number of hydrogen-bond donors (Lipinski definition) is 0. The minimum Gasteiger partial charge on any atom is -0.469 e. The number of methoxy groups -OCH3 is 1. The Bertz CT molecular complexity index is 512. The van der Waals surface area contributed by atoms with Crippen LogP contribution in [0.1, 0.15) is 13.3 Å². The fraction of sp³-hybridized carbons (Fsp3) is 0.364. The highest BCUT2D eigenvalue weighted by molar-refractivity contribution is 9.10. The molecule has 1 aromatic carbocycles. The lowest BCUT2D eigenvalue weighted by Gasteiger charge is -2.10. The summed E-state index contributed by atoms with van der Waals surface area (Å²) in [5, 5.41) is 10.6. The minimum atomic E-state index is -0.698. The van der Waals surface area contributed by atoms with Gasteiger partial charge >= 0.3 is 5.97 Å². The van der Waals surface area contributed by atoms with Crippen LogP contribution in [-0.2, 0) is 9.53 Å². The van der Waals surface area contributed by atoms with Gasteiger partial charge in [-0.1, -0.05) is 6.92 Å². The van der Waals surface area contributed by atoms with Crippen molar-refractivity contribution >= 4 is 39.3 Å². The molecule has 0 fully saturated rings. The van der Waals surface area contributed by atoms with Crippen LogP contribution in [0.2, 0.25) is 0 Å². The molecule has 5 nitrogen and oxygen atoms in total. The van der Waals surface area contributed by atoms with Crippen molar-refractivity contribution in [2.24, 2.45) is 0 Å². The Morgan fingerprint density at radius 2 is 2.26 bits per heavy atom. The lowest BCUT2D eigenvalue weighted by Crippen LogP contribution is -2.08. The average molecular weight is 352 g/mol. The second-order valence-electron chi connectivity index (χ2n) is 3.70. The summed E-state index contributed by atoms with van der Waals surface area (Å²) < 4.78 is 18.0. The molecule has 104 valence electrons. The second kappa shape index (κ2) is 6.85. The molecule has 1 atom stereocenters. The molecule has 0 saturated carbocycles. The Hall–Kier alpha value is -1.15. The summed E-state index contributed by atoms with van der Waals surface area (Å²) >= 11 is 4.11. The Morgan fingerprint density at radius 3 is 2.79 bits per heavy atom. The number of benzene rings is 1. The van der Waals surface area contributed by atoms with Gasteiger partial charge in [-0.05, 0) is 22.0 Å². The Labute approximate surface area is 121 Å². The highest BCUT2D eigenvalue weighted by Crippen LogP contribution is 2.36. The maximum atomic E-state index is 13.3. The highest BCUT2D eigenvalue weighted by atomic mass is 79.9. The summed E-state index contributed by atoms with van der Waals surface area (Å²) in [6, 6.07) is 2.20. The van der Waals surface area contributed by atoms with Crippen molar-refractivity contribution in [3.8, 4) is 0 Å². The summed E-state index contributed by atoms with van der Waals surface area (Å²) in [6.45, 7) is 1.74. The third-order valence-electron chi connectivity index (χ3n) is 2.21. The van der Waals surface area contributed by atoms with Gasteiger partial charge in [-0.3, -0.25) is 14.9 Å². The molecule has 0 bridgehead atoms. The molecule has 8 heteroatoms. The molecule has 0 aliphatic rings. The zero-order valence-electron chi connectivity index (χ0n) is 10.2. The number of ether oxygens (including phenoxy) is 1. The van der Waals surface area contributed by atoms with Crippen LogP contribution in [0.25, 0.3) is 0 Å². The van der Waals surface area contributed by atoms with Gasteiger partial charge < -0.3 is 4.74 Å². The van der Waals surface area contributed by atoms with Crippen molar-refractivity contribution in [1.82, 2.24) is 0 Å². The molecular weight excluding hydrogens is 341 g/mol. The average Bonchev–Trinajstić information content (AvgIpc) is 2.32. The van der Waals surface area contributed by atoms with Crippen molar-refractivity contribution < 1.29 is 18.8 Å². The Balaban J connectivity index is 2.96. The van der Waals surface area contributed by atoms with E-state index in [0.717, 1.165) is 17.8 Å². The van der Waals surface area contributed by atoms with Crippen molar-refractivity contribution in [2.45, 2.75) is 23.5 Å². The second-order valence-corrected chi connectivity index (χ2v) is 6.03. The van der Waals surface area contributed by atoms with Crippen LogP contribution in [0, 0.1) is 15.9 Å². The number of rotatable bonds is 5. The number of esters is 1. The Morgan fingerprint density at radius 1 is 1.63 bits per heavy atom. The van der Waals surface area contributed by atoms with E-state index in [0.29, 0.717) is 4.90 Å². The number of nitro benzene ring substituents is 1. The van der Waals surface area contributed by atoms with Crippen LogP contribution >= 0.6 is 27.7 Å². The number of nitro groups is 1. The molecule has 0 aliphatic carbocycles. The predicted octanol–water partition coefficient (Wildman–Crippen LogP) is 3.54. The van der Waals surface area contributed by atoms with Crippen LogP contribution in [-0.4, -0.2) is 23.3 Å². The normalized spacial score (nSPS) is 12.0. The van der Waals surface area contributed by atoms with Crippen LogP contribution in [0.4, 0.5) is 10.1 Å². The van der Waals surface area contributed by atoms with Crippen molar-refractivity contribution in [3.63, 3.8) is 0 Å². The standard InChI is InChI=1S/C11H11BrFNO4S/c1-6(3-11(15)18-2)19-10-4-7(12)8(13)5-9(10)14(16)17/h4-6H,3H2,1-2H3. The van der Waals surface area contributed by atoms with E-state index in [9.17, 15) is 19.3 Å². The minimum absolute atomic E-state index is 0.118. The summed E-state index contributed by atoms with van der Waals surface area (Å²) in [6.07, 6.45) is 0.118. The maximum Gasteiger partial charge on any atom is 0.306 e. The van der Waals surface area contributed by atoms with Crippen molar-refractivity contribution in [2.75, 3.05) is 7.11 Å². The van der Waals surface area contributed by atoms with Crippen LogP contribution in [0.5, 0.6) is 0 Å². The van der Waals surface area contributed by atoms with Gasteiger partial charge in [0.2, 0.25) is 0 Å². The van der Waals surface area contributed by atoms with E-state index in [1.165, 1.54) is 13.2 Å². The monoisotopic (exact) mass is 351 g/mol. The maximum absolute atomic E-state index is 13.3. The van der Waals surface area contributed by atoms with Crippen molar-refractivity contribution in [3.05, 3.63) is 32.5 Å². The van der Waals surface area contributed by atoms with Gasteiger partial charge in [-0.25, -0.2) is 4.39 Å². The van der Waals surface area contributed by atoms with Crippen molar-refractivity contribution in [1.29, 1.82) is 0 Å². The van der Waals surface area contributed by atoms with Gasteiger partial charge in [-0.2, -0.15) is 0 Å². The highest BCUT2D eigenvalue weighted by Gasteiger charge is 2.21. The predicted molar refractivity (Wildman–Crippen MR) is 72.7 cm³/mol. The first-order chi connectivity index (χ1) is 8.85. The zero-order valence-corrected chi connectivity index (χ0v) is 12.6. The Kier molecular flexibility index (Phi) is 5.74. The third kappa shape index (κ3) is 4.46. The molecule has 0 heterocycles. The first-order valence-electron chi connectivity index (χ1n) is 5.22. The molecule has 0 N–H and O–H groups in total. The topological polar surface area (TPSA) is 69.4 Å². The number of carbonyl (C=O) groups excluding carboxylic acids is 1. The molecule has 0 amide bonds. The number of halogens is 2. The molecule has 0 saturated heterocycles. The molecule has 0 aliphatic heterocycles. The molecule has 0 spiro atoms. The van der Waals surface area contributed by atoms with Crippen LogP contribution < -0.4 is 0 Å². The fourth-order valence-electron chi connectivity index (χ4n) is 1.33. The summed E-state index contributed by atoms with van der Waals surface area (Å²) in [7, 11) is 1.27. The largest absolute Gasteiger partial charge is 0.469 e. The number of nitrogens with zero attached hydrogens (tertiary/aromatic N) is 1. The van der Waals surface area contributed by atoms with Gasteiger partial charge in [-0.15, -0.1) is 11.8 Å². The van der Waals surface area contributed by atoms with Gasteiger partial charge in [0.15, 0.2) is 0 Å². The summed E-state index contributed by atoms with van der Waals surface area (Å²) in [5.74, 6) is -1.10. The van der Waals surface area contributed by atoms with Gasteiger partial charge in [0.05, 0.1) is 33.9 Å². The lowest BCUT2D eigenvalue weighted by atomic mass is 10.3. The number of thioether (sulfide) groups is 1. The van der Waals surface area contributed by atoms with Crippen LogP contribution in [0.3, 0.4) is 0 Å². The smallest absolute Gasteiger partial charge is 0.306 e. The van der Waals surface area contributed by atoms with E-state index < -0.39 is 16.7 Å². The third-order valence-corrected chi connectivity index (χ3v) is 3.97. The molecule has 1 unspecified atom stereocenters. The molecule has 1 rings (SSSR count). The summed E-state index contributed by atoms with van der Waals surface area (Å²) in [5.41, 5.74) is -0.317. The molecular formula is C11H11BrFNO4S. The molecule has 0 aromatic heterocycles. The van der Waals surface area contributed by atoms with Gasteiger partial charge in [0.25, 0.3) is 5.69 Å². The van der Waals surface area contributed by atoms with E-state index in [1.807, 2.05) is 0 Å². The van der Waals surface area contributed by atoms with Crippen LogP contribution in [0.15, 0.2) is 21.5 Å². The van der Waals surface area contributed by atoms with E-state index in [1.54, 1.807) is 6.92 Å². The van der Waals surface area contributed by atoms with E-state index in [4.69, 9.17) is 0 Å². The first-order valence-corrected chi connectivity index (χ1v) is 6.89. The lowest BCUT2D eigenvalue weighted by molar-refractivity contribution is -0.387. The first kappa shape index (κ1) is 15.9. The number of carbonyl (C=O) groups is 1. The molecule has 19 heavy (non-hydrogen) atoms. The van der Waals surface area contributed by atoms with E-state index in [2.05, 4.69) is 20.7 Å². The SMILES string of the molecule is COC(=O)CC(C)Sc1cc(Br)c(F)cc1[N+](=O)[O-]. The van der Waals surface area contributed by atoms with E-state index >= 15 is 0 Å². The van der Waals surface area contributed by atoms with Gasteiger partial charge in [0.1, 0.15) is 5.82 Å². The molecule has 1 aromatic rings. The molecule has 0 radical (unpaired) electrons. The number of hydrogen-bond acceptors (Lipinski definition) is 5. The van der Waals surface area contributed by atoms with E-state index in [-0.39, 0.29) is 21.8 Å². The van der Waals surface area contributed by atoms with Gasteiger partial charge in [0, 0.05) is 5.25 Å². The quantitative estimate of drug-likeness (QED) is 0.351.